The molecule has 4 rings (SSSR count). The quantitative estimate of drug-likeness (QED) is 0.925. The van der Waals surface area contributed by atoms with Crippen molar-refractivity contribution in [2.75, 3.05) is 26.2 Å². The number of carbonyl (C=O) groups is 1. The molecule has 0 radical (unpaired) electrons. The molecule has 0 saturated carbocycles. The summed E-state index contributed by atoms with van der Waals surface area (Å²) in [6.07, 6.45) is 2.22. The SMILES string of the molecule is Cc1ccc(-c2nc(CN3CCC[C@H](N4CCNC4=O)C3)cs2)o1. The van der Waals surface area contributed by atoms with Gasteiger partial charge in [0.25, 0.3) is 0 Å². The number of likely N-dealkylation sites (tertiary alicyclic amines) is 1. The van der Waals surface area contributed by atoms with E-state index in [2.05, 4.69) is 15.6 Å². The molecule has 1 N–H and O–H groups in total. The summed E-state index contributed by atoms with van der Waals surface area (Å²) in [5.74, 6) is 1.75. The Morgan fingerprint density at radius 2 is 2.33 bits per heavy atom. The lowest BCUT2D eigenvalue weighted by molar-refractivity contribution is 0.121. The number of urea groups is 1. The lowest BCUT2D eigenvalue weighted by Gasteiger charge is -2.36. The number of amides is 2. The zero-order valence-electron chi connectivity index (χ0n) is 13.8. The highest BCUT2D eigenvalue weighted by atomic mass is 32.1. The van der Waals surface area contributed by atoms with Crippen LogP contribution < -0.4 is 5.32 Å². The monoisotopic (exact) mass is 346 g/mol. The van der Waals surface area contributed by atoms with Gasteiger partial charge < -0.3 is 14.6 Å². The molecule has 0 aromatic carbocycles. The van der Waals surface area contributed by atoms with Crippen LogP contribution in [0.3, 0.4) is 0 Å². The molecule has 1 atom stereocenters. The number of carbonyl (C=O) groups excluding carboxylic acids is 1. The minimum atomic E-state index is 0.0889. The number of aromatic nitrogens is 1. The number of aryl methyl sites for hydroxylation is 1. The smallest absolute Gasteiger partial charge is 0.317 e. The Balaban J connectivity index is 1.40. The predicted octanol–water partition coefficient (Wildman–Crippen LogP) is 2.70. The van der Waals surface area contributed by atoms with Gasteiger partial charge in [-0.15, -0.1) is 11.3 Å². The second-order valence-corrected chi connectivity index (χ2v) is 7.37. The van der Waals surface area contributed by atoms with Crippen LogP contribution in [0.4, 0.5) is 4.79 Å². The van der Waals surface area contributed by atoms with Crippen molar-refractivity contribution in [3.05, 3.63) is 29.0 Å². The van der Waals surface area contributed by atoms with Crippen LogP contribution in [-0.4, -0.2) is 53.0 Å². The molecule has 2 amide bonds. The van der Waals surface area contributed by atoms with Crippen LogP contribution >= 0.6 is 11.3 Å². The number of nitrogens with zero attached hydrogens (tertiary/aromatic N) is 3. The topological polar surface area (TPSA) is 61.6 Å². The highest BCUT2D eigenvalue weighted by Crippen LogP contribution is 2.27. The van der Waals surface area contributed by atoms with Crippen molar-refractivity contribution in [2.45, 2.75) is 32.4 Å². The van der Waals surface area contributed by atoms with E-state index >= 15 is 0 Å². The van der Waals surface area contributed by atoms with Crippen LogP contribution in [-0.2, 0) is 6.54 Å². The van der Waals surface area contributed by atoms with E-state index in [4.69, 9.17) is 9.40 Å². The van der Waals surface area contributed by atoms with Gasteiger partial charge in [0.05, 0.1) is 5.69 Å². The van der Waals surface area contributed by atoms with Crippen LogP contribution in [0.2, 0.25) is 0 Å². The molecule has 128 valence electrons. The number of rotatable bonds is 4. The molecule has 0 aliphatic carbocycles. The fraction of sp³-hybridized carbons (Fsp3) is 0.529. The Kier molecular flexibility index (Phi) is 4.28. The van der Waals surface area contributed by atoms with Gasteiger partial charge >= 0.3 is 6.03 Å². The van der Waals surface area contributed by atoms with Gasteiger partial charge in [0.15, 0.2) is 10.8 Å². The van der Waals surface area contributed by atoms with E-state index in [0.29, 0.717) is 6.04 Å². The molecule has 0 bridgehead atoms. The van der Waals surface area contributed by atoms with Gasteiger partial charge in [-0.1, -0.05) is 0 Å². The first kappa shape index (κ1) is 15.7. The number of hydrogen-bond acceptors (Lipinski definition) is 5. The van der Waals surface area contributed by atoms with Gasteiger partial charge in [0, 0.05) is 37.6 Å². The molecule has 4 heterocycles. The van der Waals surface area contributed by atoms with E-state index < -0.39 is 0 Å². The van der Waals surface area contributed by atoms with Gasteiger partial charge in [-0.05, 0) is 38.4 Å². The second kappa shape index (κ2) is 6.57. The molecule has 24 heavy (non-hydrogen) atoms. The summed E-state index contributed by atoms with van der Waals surface area (Å²) in [6.45, 7) is 6.38. The third kappa shape index (κ3) is 3.18. The summed E-state index contributed by atoms with van der Waals surface area (Å²) in [7, 11) is 0. The van der Waals surface area contributed by atoms with Gasteiger partial charge in [0.1, 0.15) is 5.76 Å². The maximum atomic E-state index is 11.9. The Morgan fingerprint density at radius 1 is 1.42 bits per heavy atom. The molecule has 2 fully saturated rings. The van der Waals surface area contributed by atoms with E-state index in [-0.39, 0.29) is 6.03 Å². The molecule has 7 heteroatoms. The molecule has 2 aliphatic heterocycles. The predicted molar refractivity (Wildman–Crippen MR) is 93.0 cm³/mol. The van der Waals surface area contributed by atoms with Crippen LogP contribution in [0, 0.1) is 6.92 Å². The van der Waals surface area contributed by atoms with E-state index in [9.17, 15) is 4.79 Å². The standard InChI is InChI=1S/C17H22N4O2S/c1-12-4-5-15(23-12)16-19-13(11-24-16)9-20-7-2-3-14(10-20)21-8-6-18-17(21)22/h4-5,11,14H,2-3,6-10H2,1H3,(H,18,22)/t14-/m0/s1. The molecule has 2 aromatic rings. The molecule has 6 nitrogen and oxygen atoms in total. The Labute approximate surface area is 145 Å². The van der Waals surface area contributed by atoms with Crippen molar-refractivity contribution in [3.8, 4) is 10.8 Å². The van der Waals surface area contributed by atoms with E-state index in [1.807, 2.05) is 24.0 Å². The molecular weight excluding hydrogens is 324 g/mol. The number of thiazole rings is 1. The normalized spacial score (nSPS) is 22.1. The molecule has 0 unspecified atom stereocenters. The number of nitrogens with one attached hydrogen (secondary N) is 1. The Bertz CT molecular complexity index is 726. The average Bonchev–Trinajstić information content (AvgIpc) is 3.29. The van der Waals surface area contributed by atoms with Crippen molar-refractivity contribution in [1.82, 2.24) is 20.1 Å². The highest BCUT2D eigenvalue weighted by molar-refractivity contribution is 7.13. The molecule has 2 aromatic heterocycles. The third-order valence-corrected chi connectivity index (χ3v) is 5.61. The summed E-state index contributed by atoms with van der Waals surface area (Å²) in [5, 5.41) is 5.95. The number of hydrogen-bond donors (Lipinski definition) is 1. The first-order valence-corrected chi connectivity index (χ1v) is 9.35. The number of piperidine rings is 1. The van der Waals surface area contributed by atoms with Crippen molar-refractivity contribution in [2.24, 2.45) is 0 Å². The van der Waals surface area contributed by atoms with Crippen LogP contribution in [0.1, 0.15) is 24.3 Å². The number of furan rings is 1. The molecular formula is C17H22N4O2S. The van der Waals surface area contributed by atoms with E-state index in [1.165, 1.54) is 0 Å². The minimum absolute atomic E-state index is 0.0889. The molecule has 0 spiro atoms. The zero-order valence-corrected chi connectivity index (χ0v) is 14.6. The minimum Gasteiger partial charge on any atom is -0.459 e. The maximum Gasteiger partial charge on any atom is 0.317 e. The Morgan fingerprint density at radius 3 is 3.08 bits per heavy atom. The molecule has 2 aliphatic rings. The third-order valence-electron chi connectivity index (χ3n) is 4.70. The summed E-state index contributed by atoms with van der Waals surface area (Å²) < 4.78 is 5.65. The van der Waals surface area contributed by atoms with Crippen molar-refractivity contribution < 1.29 is 9.21 Å². The zero-order chi connectivity index (χ0) is 16.5. The van der Waals surface area contributed by atoms with E-state index in [0.717, 1.165) is 67.8 Å². The summed E-state index contributed by atoms with van der Waals surface area (Å²) in [5.41, 5.74) is 1.08. The fourth-order valence-corrected chi connectivity index (χ4v) is 4.31. The second-order valence-electron chi connectivity index (χ2n) is 6.51. The lowest BCUT2D eigenvalue weighted by Crippen LogP contribution is -2.48. The Hall–Kier alpha value is -1.86. The van der Waals surface area contributed by atoms with Crippen molar-refractivity contribution in [1.29, 1.82) is 0 Å². The average molecular weight is 346 g/mol. The van der Waals surface area contributed by atoms with E-state index in [1.54, 1.807) is 11.3 Å². The first-order valence-electron chi connectivity index (χ1n) is 8.47. The van der Waals surface area contributed by atoms with Crippen molar-refractivity contribution in [3.63, 3.8) is 0 Å². The molecule has 2 saturated heterocycles. The first-order chi connectivity index (χ1) is 11.7. The van der Waals surface area contributed by atoms with Crippen molar-refractivity contribution >= 4 is 17.4 Å². The maximum absolute atomic E-state index is 11.9. The van der Waals surface area contributed by atoms with Gasteiger partial charge in [0.2, 0.25) is 0 Å². The highest BCUT2D eigenvalue weighted by Gasteiger charge is 2.31. The summed E-state index contributed by atoms with van der Waals surface area (Å²) in [6, 6.07) is 4.35. The van der Waals surface area contributed by atoms with Gasteiger partial charge in [-0.3, -0.25) is 4.90 Å². The van der Waals surface area contributed by atoms with Crippen LogP contribution in [0.15, 0.2) is 21.9 Å². The van der Waals surface area contributed by atoms with Crippen LogP contribution in [0.5, 0.6) is 0 Å². The van der Waals surface area contributed by atoms with Gasteiger partial charge in [-0.25, -0.2) is 9.78 Å². The fourth-order valence-electron chi connectivity index (χ4n) is 3.54. The summed E-state index contributed by atoms with van der Waals surface area (Å²) in [4.78, 5) is 21.0. The van der Waals surface area contributed by atoms with Gasteiger partial charge in [-0.2, -0.15) is 0 Å². The largest absolute Gasteiger partial charge is 0.459 e. The lowest BCUT2D eigenvalue weighted by atomic mass is 10.0. The van der Waals surface area contributed by atoms with Crippen LogP contribution in [0.25, 0.3) is 10.8 Å². The summed E-state index contributed by atoms with van der Waals surface area (Å²) >= 11 is 1.62.